The van der Waals surface area contributed by atoms with E-state index in [9.17, 15) is 9.59 Å². The average Bonchev–Trinajstić information content (AvgIpc) is 2.34. The number of carbonyl (C=O) groups is 2. The van der Waals surface area contributed by atoms with Crippen molar-refractivity contribution in [3.05, 3.63) is 24.3 Å². The van der Waals surface area contributed by atoms with Crippen LogP contribution in [0.4, 0.5) is 0 Å². The number of hydrogen-bond donors (Lipinski definition) is 2. The highest BCUT2D eigenvalue weighted by Crippen LogP contribution is 2.16. The summed E-state index contributed by atoms with van der Waals surface area (Å²) in [6, 6.07) is 6.80. The van der Waals surface area contributed by atoms with E-state index in [2.05, 4.69) is 5.43 Å². The van der Waals surface area contributed by atoms with Gasteiger partial charge in [-0.2, -0.15) is 0 Å². The van der Waals surface area contributed by atoms with Gasteiger partial charge in [0.15, 0.2) is 6.61 Å². The molecular weight excluding hydrogens is 212 g/mol. The molecule has 0 aliphatic heterocycles. The summed E-state index contributed by atoms with van der Waals surface area (Å²) in [5.74, 6) is 0.810. The maximum atomic E-state index is 11.0. The predicted octanol–water partition coefficient (Wildman–Crippen LogP) is -0.149. The van der Waals surface area contributed by atoms with Gasteiger partial charge in [-0.1, -0.05) is 0 Å². The second-order valence-corrected chi connectivity index (χ2v) is 2.77. The maximum Gasteiger partial charge on any atom is 0.276 e. The highest BCUT2D eigenvalue weighted by atomic mass is 16.5. The minimum atomic E-state index is -0.442. The molecule has 1 rings (SSSR count). The molecule has 0 saturated heterocycles. The van der Waals surface area contributed by atoms with E-state index in [1.165, 1.54) is 0 Å². The van der Waals surface area contributed by atoms with Crippen LogP contribution in [-0.4, -0.2) is 26.0 Å². The van der Waals surface area contributed by atoms with Crippen LogP contribution in [0, 0.1) is 0 Å². The third-order valence-electron chi connectivity index (χ3n) is 1.70. The largest absolute Gasteiger partial charge is 0.497 e. The molecular formula is C10H12N2O4. The standard InChI is InChI=1S/C10H12N2O4/c1-15-8-2-4-9(5-3-8)16-6-10(14)12-11-7-13/h2-5,7H,6H2,1H3,(H,11,13)(H,12,14). The van der Waals surface area contributed by atoms with E-state index in [0.717, 1.165) is 0 Å². The zero-order chi connectivity index (χ0) is 11.8. The first-order valence-corrected chi connectivity index (χ1v) is 4.51. The summed E-state index contributed by atoms with van der Waals surface area (Å²) >= 11 is 0. The summed E-state index contributed by atoms with van der Waals surface area (Å²) < 4.78 is 10.1. The summed E-state index contributed by atoms with van der Waals surface area (Å²) in [6.45, 7) is -0.173. The number of benzene rings is 1. The van der Waals surface area contributed by atoms with Gasteiger partial charge in [-0.05, 0) is 24.3 Å². The molecule has 0 radical (unpaired) electrons. The van der Waals surface area contributed by atoms with E-state index in [-0.39, 0.29) is 6.61 Å². The monoisotopic (exact) mass is 224 g/mol. The number of nitrogens with one attached hydrogen (secondary N) is 2. The second-order valence-electron chi connectivity index (χ2n) is 2.77. The van der Waals surface area contributed by atoms with Crippen molar-refractivity contribution in [2.24, 2.45) is 0 Å². The van der Waals surface area contributed by atoms with Crippen LogP contribution in [0.2, 0.25) is 0 Å². The fourth-order valence-electron chi connectivity index (χ4n) is 0.967. The van der Waals surface area contributed by atoms with Crippen molar-refractivity contribution in [3.63, 3.8) is 0 Å². The lowest BCUT2D eigenvalue weighted by atomic mass is 10.3. The normalized spacial score (nSPS) is 9.06. The Morgan fingerprint density at radius 2 is 1.94 bits per heavy atom. The zero-order valence-corrected chi connectivity index (χ0v) is 8.73. The minimum absolute atomic E-state index is 0.173. The Kier molecular flexibility index (Phi) is 4.65. The van der Waals surface area contributed by atoms with E-state index in [0.29, 0.717) is 17.9 Å². The highest BCUT2D eigenvalue weighted by molar-refractivity contribution is 5.78. The van der Waals surface area contributed by atoms with E-state index < -0.39 is 5.91 Å². The Labute approximate surface area is 92.5 Å². The van der Waals surface area contributed by atoms with E-state index in [4.69, 9.17) is 9.47 Å². The lowest BCUT2D eigenvalue weighted by Crippen LogP contribution is -2.39. The van der Waals surface area contributed by atoms with Gasteiger partial charge < -0.3 is 9.47 Å². The van der Waals surface area contributed by atoms with Crippen molar-refractivity contribution in [1.29, 1.82) is 0 Å². The van der Waals surface area contributed by atoms with Gasteiger partial charge in [-0.25, -0.2) is 0 Å². The van der Waals surface area contributed by atoms with Crippen LogP contribution < -0.4 is 20.3 Å². The fraction of sp³-hybridized carbons (Fsp3) is 0.200. The lowest BCUT2D eigenvalue weighted by molar-refractivity contribution is -0.126. The molecule has 0 aliphatic rings. The predicted molar refractivity (Wildman–Crippen MR) is 55.8 cm³/mol. The summed E-state index contributed by atoms with van der Waals surface area (Å²) in [7, 11) is 1.56. The molecule has 2 N–H and O–H groups in total. The molecule has 0 aromatic heterocycles. The van der Waals surface area contributed by atoms with Crippen LogP contribution in [0.25, 0.3) is 0 Å². The van der Waals surface area contributed by atoms with Gasteiger partial charge in [-0.3, -0.25) is 20.4 Å². The molecule has 6 heteroatoms. The molecule has 16 heavy (non-hydrogen) atoms. The number of amides is 2. The van der Waals surface area contributed by atoms with Crippen molar-refractivity contribution in [2.45, 2.75) is 0 Å². The average molecular weight is 224 g/mol. The Morgan fingerprint density at radius 3 is 2.50 bits per heavy atom. The number of rotatable bonds is 6. The molecule has 1 aromatic rings. The molecule has 1 aromatic carbocycles. The number of hydrazine groups is 1. The lowest BCUT2D eigenvalue weighted by Gasteiger charge is -2.06. The van der Waals surface area contributed by atoms with Crippen LogP contribution in [-0.2, 0) is 9.59 Å². The van der Waals surface area contributed by atoms with Gasteiger partial charge in [0, 0.05) is 0 Å². The van der Waals surface area contributed by atoms with Crippen molar-refractivity contribution in [3.8, 4) is 11.5 Å². The van der Waals surface area contributed by atoms with Crippen molar-refractivity contribution in [1.82, 2.24) is 10.9 Å². The van der Waals surface area contributed by atoms with Crippen molar-refractivity contribution >= 4 is 12.3 Å². The molecule has 0 fully saturated rings. The quantitative estimate of drug-likeness (QED) is 0.520. The third kappa shape index (κ3) is 3.87. The third-order valence-corrected chi connectivity index (χ3v) is 1.70. The molecule has 0 saturated carbocycles. The maximum absolute atomic E-state index is 11.0. The summed E-state index contributed by atoms with van der Waals surface area (Å²) in [5.41, 5.74) is 4.14. The molecule has 0 heterocycles. The van der Waals surface area contributed by atoms with Gasteiger partial charge in [-0.15, -0.1) is 0 Å². The van der Waals surface area contributed by atoms with Crippen molar-refractivity contribution < 1.29 is 19.1 Å². The number of carbonyl (C=O) groups excluding carboxylic acids is 2. The molecule has 0 unspecified atom stereocenters. The Morgan fingerprint density at radius 1 is 1.31 bits per heavy atom. The van der Waals surface area contributed by atoms with Crippen molar-refractivity contribution in [2.75, 3.05) is 13.7 Å². The van der Waals surface area contributed by atoms with Crippen LogP contribution in [0.1, 0.15) is 0 Å². The summed E-state index contributed by atoms with van der Waals surface area (Å²) in [4.78, 5) is 20.9. The fourth-order valence-corrected chi connectivity index (χ4v) is 0.967. The molecule has 0 bridgehead atoms. The van der Waals surface area contributed by atoms with Gasteiger partial charge in [0.05, 0.1) is 7.11 Å². The first-order chi connectivity index (χ1) is 7.76. The summed E-state index contributed by atoms with van der Waals surface area (Å²) in [5, 5.41) is 0. The van der Waals surface area contributed by atoms with Gasteiger partial charge in [0.1, 0.15) is 11.5 Å². The molecule has 6 nitrogen and oxygen atoms in total. The van der Waals surface area contributed by atoms with Gasteiger partial charge in [0.2, 0.25) is 6.41 Å². The SMILES string of the molecule is COc1ccc(OCC(=O)NNC=O)cc1. The molecule has 0 aliphatic carbocycles. The van der Waals surface area contributed by atoms with Gasteiger partial charge >= 0.3 is 0 Å². The molecule has 2 amide bonds. The highest BCUT2D eigenvalue weighted by Gasteiger charge is 2.01. The first-order valence-electron chi connectivity index (χ1n) is 4.51. The first kappa shape index (κ1) is 11.8. The van der Waals surface area contributed by atoms with E-state index in [1.807, 2.05) is 5.43 Å². The topological polar surface area (TPSA) is 76.7 Å². The van der Waals surface area contributed by atoms with Crippen LogP contribution in [0.3, 0.4) is 0 Å². The summed E-state index contributed by atoms with van der Waals surface area (Å²) in [6.07, 6.45) is 0.366. The zero-order valence-electron chi connectivity index (χ0n) is 8.73. The van der Waals surface area contributed by atoms with Crippen LogP contribution in [0.15, 0.2) is 24.3 Å². The minimum Gasteiger partial charge on any atom is -0.497 e. The molecule has 0 spiro atoms. The molecule has 0 atom stereocenters. The number of ether oxygens (including phenoxy) is 2. The van der Waals surface area contributed by atoms with E-state index in [1.54, 1.807) is 31.4 Å². The number of hydrogen-bond acceptors (Lipinski definition) is 4. The van der Waals surface area contributed by atoms with Crippen LogP contribution in [0.5, 0.6) is 11.5 Å². The Bertz CT molecular complexity index is 350. The van der Waals surface area contributed by atoms with Crippen LogP contribution >= 0.6 is 0 Å². The Balaban J connectivity index is 2.36. The van der Waals surface area contributed by atoms with Gasteiger partial charge in [0.25, 0.3) is 5.91 Å². The smallest absolute Gasteiger partial charge is 0.276 e. The molecule has 86 valence electrons. The second kappa shape index (κ2) is 6.28. The Hall–Kier alpha value is -2.24. The van der Waals surface area contributed by atoms with E-state index >= 15 is 0 Å². The number of methoxy groups -OCH3 is 1.